The Kier molecular flexibility index (Phi) is 4.01. The molecule has 0 atom stereocenters. The van der Waals surface area contributed by atoms with Crippen molar-refractivity contribution in [2.45, 2.75) is 25.3 Å². The number of likely N-dealkylation sites (tertiary alicyclic amines) is 1. The number of hydrogen-bond acceptors (Lipinski definition) is 4. The molecule has 0 spiro atoms. The van der Waals surface area contributed by atoms with Crippen LogP contribution in [0, 0.1) is 0 Å². The summed E-state index contributed by atoms with van der Waals surface area (Å²) in [5.41, 5.74) is 7.10. The van der Waals surface area contributed by atoms with Crippen LogP contribution >= 0.6 is 0 Å². The van der Waals surface area contributed by atoms with Crippen LogP contribution in [0.5, 0.6) is 0 Å². The first-order valence-corrected chi connectivity index (χ1v) is 7.24. The van der Waals surface area contributed by atoms with Crippen LogP contribution in [0.1, 0.15) is 40.4 Å². The molecule has 5 nitrogen and oxygen atoms in total. The molecule has 5 heteroatoms. The van der Waals surface area contributed by atoms with E-state index in [1.54, 1.807) is 18.7 Å². The Morgan fingerprint density at radius 3 is 2.86 bits per heavy atom. The van der Waals surface area contributed by atoms with E-state index in [4.69, 9.17) is 10.2 Å². The first-order chi connectivity index (χ1) is 10.3. The molecule has 3 rings (SSSR count). The summed E-state index contributed by atoms with van der Waals surface area (Å²) in [6, 6.07) is 5.75. The number of carbonyl (C=O) groups excluding carboxylic acids is 1. The normalized spacial score (nSPS) is 16.1. The topological polar surface area (TPSA) is 72.4 Å². The van der Waals surface area contributed by atoms with E-state index < -0.39 is 0 Å². The number of hydrogen-bond donors (Lipinski definition) is 1. The SMILES string of the molecule is NCc1cncc(C(=O)N2CCC(c3ccco3)CC2)c1. The predicted molar refractivity (Wildman–Crippen MR) is 78.7 cm³/mol. The molecule has 1 amide bonds. The molecule has 21 heavy (non-hydrogen) atoms. The van der Waals surface area contributed by atoms with Gasteiger partial charge in [-0.1, -0.05) is 0 Å². The standard InChI is InChI=1S/C16H19N3O2/c17-9-12-8-14(11-18-10-12)16(20)19-5-3-13(4-6-19)15-2-1-7-21-15/h1-2,7-8,10-11,13H,3-6,9,17H2. The molecule has 2 N–H and O–H groups in total. The maximum atomic E-state index is 12.5. The van der Waals surface area contributed by atoms with E-state index in [2.05, 4.69) is 4.98 Å². The van der Waals surface area contributed by atoms with Gasteiger partial charge in [0, 0.05) is 37.9 Å². The van der Waals surface area contributed by atoms with Gasteiger partial charge in [0.2, 0.25) is 0 Å². The van der Waals surface area contributed by atoms with E-state index in [1.807, 2.05) is 23.1 Å². The maximum Gasteiger partial charge on any atom is 0.255 e. The number of pyridine rings is 1. The lowest BCUT2D eigenvalue weighted by Crippen LogP contribution is -2.38. The van der Waals surface area contributed by atoms with Gasteiger partial charge in [-0.05, 0) is 36.6 Å². The van der Waals surface area contributed by atoms with E-state index >= 15 is 0 Å². The van der Waals surface area contributed by atoms with E-state index in [1.165, 1.54) is 0 Å². The number of amides is 1. The average molecular weight is 285 g/mol. The van der Waals surface area contributed by atoms with Gasteiger partial charge in [-0.2, -0.15) is 0 Å². The molecule has 1 aliphatic heterocycles. The summed E-state index contributed by atoms with van der Waals surface area (Å²) in [4.78, 5) is 18.5. The molecule has 1 fully saturated rings. The summed E-state index contributed by atoms with van der Waals surface area (Å²) in [5.74, 6) is 1.47. The van der Waals surface area contributed by atoms with Gasteiger partial charge in [0.1, 0.15) is 5.76 Å². The Morgan fingerprint density at radius 2 is 2.19 bits per heavy atom. The van der Waals surface area contributed by atoms with Crippen molar-refractivity contribution >= 4 is 5.91 Å². The highest BCUT2D eigenvalue weighted by Crippen LogP contribution is 2.28. The second-order valence-electron chi connectivity index (χ2n) is 5.37. The number of piperidine rings is 1. The first kappa shape index (κ1) is 13.8. The Labute approximate surface area is 123 Å². The van der Waals surface area contributed by atoms with Crippen LogP contribution in [-0.2, 0) is 6.54 Å². The molecule has 2 aromatic heterocycles. The maximum absolute atomic E-state index is 12.5. The van der Waals surface area contributed by atoms with Gasteiger partial charge >= 0.3 is 0 Å². The quantitative estimate of drug-likeness (QED) is 0.938. The predicted octanol–water partition coefficient (Wildman–Crippen LogP) is 2.15. The summed E-state index contributed by atoms with van der Waals surface area (Å²) >= 11 is 0. The Balaban J connectivity index is 1.64. The summed E-state index contributed by atoms with van der Waals surface area (Å²) in [6.07, 6.45) is 6.88. The van der Waals surface area contributed by atoms with Crippen molar-refractivity contribution in [2.24, 2.45) is 5.73 Å². The monoisotopic (exact) mass is 285 g/mol. The number of carbonyl (C=O) groups is 1. The molecular formula is C16H19N3O2. The molecule has 110 valence electrons. The average Bonchev–Trinajstić information content (AvgIpc) is 3.09. The minimum absolute atomic E-state index is 0.0377. The van der Waals surface area contributed by atoms with Crippen LogP contribution in [0.15, 0.2) is 41.3 Å². The zero-order valence-corrected chi connectivity index (χ0v) is 11.9. The van der Waals surface area contributed by atoms with Gasteiger partial charge in [0.05, 0.1) is 11.8 Å². The number of aromatic nitrogens is 1. The summed E-state index contributed by atoms with van der Waals surface area (Å²) in [5, 5.41) is 0. The molecule has 2 aromatic rings. The zero-order chi connectivity index (χ0) is 14.7. The number of nitrogens with zero attached hydrogens (tertiary/aromatic N) is 2. The highest BCUT2D eigenvalue weighted by molar-refractivity contribution is 5.94. The van der Waals surface area contributed by atoms with Crippen molar-refractivity contribution in [1.29, 1.82) is 0 Å². The van der Waals surface area contributed by atoms with Gasteiger partial charge < -0.3 is 15.1 Å². The molecular weight excluding hydrogens is 266 g/mol. The van der Waals surface area contributed by atoms with Crippen LogP contribution in [0.3, 0.4) is 0 Å². The lowest BCUT2D eigenvalue weighted by molar-refractivity contribution is 0.0707. The molecule has 1 aliphatic rings. The molecule has 1 saturated heterocycles. The number of furan rings is 1. The second kappa shape index (κ2) is 6.10. The van der Waals surface area contributed by atoms with Crippen molar-refractivity contribution in [3.05, 3.63) is 53.7 Å². The van der Waals surface area contributed by atoms with Crippen molar-refractivity contribution < 1.29 is 9.21 Å². The molecule has 0 aliphatic carbocycles. The van der Waals surface area contributed by atoms with E-state index in [9.17, 15) is 4.79 Å². The third-order valence-electron chi connectivity index (χ3n) is 4.01. The van der Waals surface area contributed by atoms with Crippen molar-refractivity contribution in [2.75, 3.05) is 13.1 Å². The smallest absolute Gasteiger partial charge is 0.255 e. The van der Waals surface area contributed by atoms with Crippen molar-refractivity contribution in [3.63, 3.8) is 0 Å². The molecule has 3 heterocycles. The van der Waals surface area contributed by atoms with Crippen molar-refractivity contribution in [1.82, 2.24) is 9.88 Å². The Bertz CT molecular complexity index is 602. The molecule has 0 aromatic carbocycles. The highest BCUT2D eigenvalue weighted by Gasteiger charge is 2.26. The first-order valence-electron chi connectivity index (χ1n) is 7.24. The fourth-order valence-electron chi connectivity index (χ4n) is 2.79. The molecule has 0 radical (unpaired) electrons. The lowest BCUT2D eigenvalue weighted by Gasteiger charge is -2.31. The van der Waals surface area contributed by atoms with Gasteiger partial charge in [0.25, 0.3) is 5.91 Å². The van der Waals surface area contributed by atoms with Gasteiger partial charge in [-0.3, -0.25) is 9.78 Å². The fourth-order valence-corrected chi connectivity index (χ4v) is 2.79. The Morgan fingerprint density at radius 1 is 1.38 bits per heavy atom. The minimum Gasteiger partial charge on any atom is -0.469 e. The fraction of sp³-hybridized carbons (Fsp3) is 0.375. The van der Waals surface area contributed by atoms with Crippen LogP contribution in [-0.4, -0.2) is 28.9 Å². The van der Waals surface area contributed by atoms with Crippen LogP contribution in [0.25, 0.3) is 0 Å². The van der Waals surface area contributed by atoms with E-state index in [0.717, 1.165) is 37.3 Å². The second-order valence-corrected chi connectivity index (χ2v) is 5.37. The minimum atomic E-state index is 0.0377. The van der Waals surface area contributed by atoms with Gasteiger partial charge in [0.15, 0.2) is 0 Å². The van der Waals surface area contributed by atoms with E-state index in [-0.39, 0.29) is 5.91 Å². The largest absolute Gasteiger partial charge is 0.469 e. The molecule has 0 unspecified atom stereocenters. The summed E-state index contributed by atoms with van der Waals surface area (Å²) < 4.78 is 5.46. The van der Waals surface area contributed by atoms with Crippen molar-refractivity contribution in [3.8, 4) is 0 Å². The van der Waals surface area contributed by atoms with Crippen LogP contribution in [0.4, 0.5) is 0 Å². The van der Waals surface area contributed by atoms with Crippen LogP contribution < -0.4 is 5.73 Å². The summed E-state index contributed by atoms with van der Waals surface area (Å²) in [6.45, 7) is 1.89. The third-order valence-corrected chi connectivity index (χ3v) is 4.01. The third kappa shape index (κ3) is 2.97. The highest BCUT2D eigenvalue weighted by atomic mass is 16.3. The number of nitrogens with two attached hydrogens (primary N) is 1. The van der Waals surface area contributed by atoms with E-state index in [0.29, 0.717) is 18.0 Å². The van der Waals surface area contributed by atoms with Gasteiger partial charge in [-0.15, -0.1) is 0 Å². The zero-order valence-electron chi connectivity index (χ0n) is 11.9. The van der Waals surface area contributed by atoms with Crippen LogP contribution in [0.2, 0.25) is 0 Å². The summed E-state index contributed by atoms with van der Waals surface area (Å²) in [7, 11) is 0. The molecule has 0 saturated carbocycles. The lowest BCUT2D eigenvalue weighted by atomic mass is 9.94. The van der Waals surface area contributed by atoms with Gasteiger partial charge in [-0.25, -0.2) is 0 Å². The number of rotatable bonds is 3. The Hall–Kier alpha value is -2.14. The molecule has 0 bridgehead atoms.